The largest absolute Gasteiger partial charge is 0.484 e. The highest BCUT2D eigenvalue weighted by molar-refractivity contribution is 5.98. The van der Waals surface area contributed by atoms with Crippen molar-refractivity contribution < 1.29 is 27.4 Å². The third kappa shape index (κ3) is 4.33. The van der Waals surface area contributed by atoms with E-state index >= 15 is 0 Å². The van der Waals surface area contributed by atoms with Crippen LogP contribution in [0.25, 0.3) is 0 Å². The lowest BCUT2D eigenvalue weighted by molar-refractivity contribution is -0.153. The first kappa shape index (κ1) is 15.6. The lowest BCUT2D eigenvalue weighted by atomic mass is 9.99. The Hall–Kier alpha value is -1.80. The standard InChI is InChI=1S/C13H15F3N2O3/c14-13(15,16)8-21-10-3-1-9(2-4-10)18-11(19)12(17)5-6-20-7-12/h1-4H,5-8,17H2,(H,18,19). The third-order valence-corrected chi connectivity index (χ3v) is 3.02. The van der Waals surface area contributed by atoms with Crippen LogP contribution < -0.4 is 15.8 Å². The summed E-state index contributed by atoms with van der Waals surface area (Å²) in [5.74, 6) is -0.319. The van der Waals surface area contributed by atoms with E-state index in [9.17, 15) is 18.0 Å². The van der Waals surface area contributed by atoms with Crippen molar-refractivity contribution in [2.75, 3.05) is 25.1 Å². The molecule has 5 nitrogen and oxygen atoms in total. The van der Waals surface area contributed by atoms with Crippen molar-refractivity contribution in [3.63, 3.8) is 0 Å². The lowest BCUT2D eigenvalue weighted by Crippen LogP contribution is -2.51. The second-order valence-corrected chi connectivity index (χ2v) is 4.84. The zero-order valence-electron chi connectivity index (χ0n) is 11.1. The number of anilines is 1. The zero-order valence-corrected chi connectivity index (χ0v) is 11.1. The van der Waals surface area contributed by atoms with E-state index in [1.165, 1.54) is 24.3 Å². The van der Waals surface area contributed by atoms with Crippen LogP contribution in [-0.2, 0) is 9.53 Å². The molecular weight excluding hydrogens is 289 g/mol. The van der Waals surface area contributed by atoms with Gasteiger partial charge in [0, 0.05) is 12.3 Å². The van der Waals surface area contributed by atoms with Crippen LogP contribution in [0.2, 0.25) is 0 Å². The summed E-state index contributed by atoms with van der Waals surface area (Å²) in [6.07, 6.45) is -3.97. The van der Waals surface area contributed by atoms with Crippen LogP contribution in [0, 0.1) is 0 Å². The molecule has 0 bridgehead atoms. The first-order valence-corrected chi connectivity index (χ1v) is 6.26. The molecule has 1 aromatic rings. The molecule has 1 amide bonds. The highest BCUT2D eigenvalue weighted by Gasteiger charge is 2.38. The first-order valence-electron chi connectivity index (χ1n) is 6.26. The van der Waals surface area contributed by atoms with Gasteiger partial charge in [-0.3, -0.25) is 4.79 Å². The van der Waals surface area contributed by atoms with Gasteiger partial charge in [0.05, 0.1) is 6.61 Å². The highest BCUT2D eigenvalue weighted by atomic mass is 19.4. The van der Waals surface area contributed by atoms with Crippen LogP contribution in [0.3, 0.4) is 0 Å². The van der Waals surface area contributed by atoms with Crippen molar-refractivity contribution in [2.24, 2.45) is 5.73 Å². The van der Waals surface area contributed by atoms with Crippen LogP contribution in [-0.4, -0.2) is 37.4 Å². The van der Waals surface area contributed by atoms with Crippen molar-refractivity contribution in [3.05, 3.63) is 24.3 Å². The monoisotopic (exact) mass is 304 g/mol. The number of benzene rings is 1. The number of rotatable bonds is 4. The van der Waals surface area contributed by atoms with Gasteiger partial charge in [0.2, 0.25) is 5.91 Å². The summed E-state index contributed by atoms with van der Waals surface area (Å²) in [6.45, 7) is -0.790. The molecule has 0 radical (unpaired) electrons. The number of carbonyl (C=O) groups excluding carboxylic acids is 1. The second-order valence-electron chi connectivity index (χ2n) is 4.84. The fraction of sp³-hybridized carbons (Fsp3) is 0.462. The van der Waals surface area contributed by atoms with Crippen molar-refractivity contribution in [1.29, 1.82) is 0 Å². The maximum atomic E-state index is 12.0. The van der Waals surface area contributed by atoms with Crippen LogP contribution in [0.1, 0.15) is 6.42 Å². The minimum absolute atomic E-state index is 0.0667. The number of alkyl halides is 3. The maximum Gasteiger partial charge on any atom is 0.422 e. The Labute approximate surface area is 119 Å². The summed E-state index contributed by atoms with van der Waals surface area (Å²) in [4.78, 5) is 12.0. The topological polar surface area (TPSA) is 73.6 Å². The second kappa shape index (κ2) is 5.90. The number of carbonyl (C=O) groups is 1. The summed E-state index contributed by atoms with van der Waals surface area (Å²) < 4.78 is 45.7. The van der Waals surface area contributed by atoms with E-state index in [4.69, 9.17) is 10.5 Å². The molecule has 1 aliphatic rings. The van der Waals surface area contributed by atoms with Gasteiger partial charge in [-0.05, 0) is 30.7 Å². The Kier molecular flexibility index (Phi) is 4.38. The van der Waals surface area contributed by atoms with Crippen molar-refractivity contribution in [2.45, 2.75) is 18.1 Å². The number of hydrogen-bond acceptors (Lipinski definition) is 4. The molecule has 1 fully saturated rings. The van der Waals surface area contributed by atoms with Crippen molar-refractivity contribution in [1.82, 2.24) is 0 Å². The van der Waals surface area contributed by atoms with Crippen LogP contribution in [0.4, 0.5) is 18.9 Å². The van der Waals surface area contributed by atoms with Gasteiger partial charge in [-0.15, -0.1) is 0 Å². The average Bonchev–Trinajstić information content (AvgIpc) is 2.85. The predicted octanol–water partition coefficient (Wildman–Crippen LogP) is 1.68. The van der Waals surface area contributed by atoms with Gasteiger partial charge in [-0.2, -0.15) is 13.2 Å². The smallest absolute Gasteiger partial charge is 0.422 e. The summed E-state index contributed by atoms with van der Waals surface area (Å²) >= 11 is 0. The molecule has 0 aromatic heterocycles. The van der Waals surface area contributed by atoms with Crippen LogP contribution >= 0.6 is 0 Å². The van der Waals surface area contributed by atoms with E-state index in [0.29, 0.717) is 18.7 Å². The van der Waals surface area contributed by atoms with Gasteiger partial charge < -0.3 is 20.5 Å². The van der Waals surface area contributed by atoms with Gasteiger partial charge >= 0.3 is 6.18 Å². The minimum atomic E-state index is -4.39. The molecule has 3 N–H and O–H groups in total. The minimum Gasteiger partial charge on any atom is -0.484 e. The summed E-state index contributed by atoms with van der Waals surface area (Å²) in [5.41, 5.74) is 5.25. The van der Waals surface area contributed by atoms with E-state index in [2.05, 4.69) is 10.1 Å². The van der Waals surface area contributed by atoms with E-state index in [-0.39, 0.29) is 18.3 Å². The molecule has 1 atom stereocenters. The number of hydrogen-bond donors (Lipinski definition) is 2. The van der Waals surface area contributed by atoms with Crippen LogP contribution in [0.5, 0.6) is 5.75 Å². The van der Waals surface area contributed by atoms with Gasteiger partial charge in [0.25, 0.3) is 0 Å². The van der Waals surface area contributed by atoms with E-state index in [1.54, 1.807) is 0 Å². The Morgan fingerprint density at radius 1 is 1.38 bits per heavy atom. The van der Waals surface area contributed by atoms with E-state index in [1.807, 2.05) is 0 Å². The average molecular weight is 304 g/mol. The molecule has 1 aliphatic heterocycles. The molecule has 1 unspecified atom stereocenters. The molecule has 2 rings (SSSR count). The number of nitrogens with one attached hydrogen (secondary N) is 1. The van der Waals surface area contributed by atoms with Gasteiger partial charge in [0.15, 0.2) is 6.61 Å². The fourth-order valence-corrected chi connectivity index (χ4v) is 1.82. The van der Waals surface area contributed by atoms with Crippen molar-refractivity contribution >= 4 is 11.6 Å². The Morgan fingerprint density at radius 2 is 2.05 bits per heavy atom. The van der Waals surface area contributed by atoms with Gasteiger partial charge in [-0.25, -0.2) is 0 Å². The summed E-state index contributed by atoms with van der Waals surface area (Å²) in [5, 5.41) is 2.60. The Morgan fingerprint density at radius 3 is 2.57 bits per heavy atom. The predicted molar refractivity (Wildman–Crippen MR) is 69.0 cm³/mol. The summed E-state index contributed by atoms with van der Waals surface area (Å²) in [7, 11) is 0. The number of amides is 1. The SMILES string of the molecule is NC1(C(=O)Nc2ccc(OCC(F)(F)F)cc2)CCOC1. The third-order valence-electron chi connectivity index (χ3n) is 3.02. The molecular formula is C13H15F3N2O3. The number of ether oxygens (including phenoxy) is 2. The molecule has 8 heteroatoms. The molecule has 0 spiro atoms. The molecule has 0 saturated carbocycles. The van der Waals surface area contributed by atoms with Crippen molar-refractivity contribution in [3.8, 4) is 5.75 Å². The van der Waals surface area contributed by atoms with Crippen LogP contribution in [0.15, 0.2) is 24.3 Å². The Bertz CT molecular complexity index is 496. The lowest BCUT2D eigenvalue weighted by Gasteiger charge is -2.20. The number of nitrogens with two attached hydrogens (primary N) is 1. The fourth-order valence-electron chi connectivity index (χ4n) is 1.82. The maximum absolute atomic E-state index is 12.0. The van der Waals surface area contributed by atoms with Gasteiger partial charge in [-0.1, -0.05) is 0 Å². The quantitative estimate of drug-likeness (QED) is 0.887. The molecule has 1 saturated heterocycles. The molecule has 116 valence electrons. The molecule has 0 aliphatic carbocycles. The van der Waals surface area contributed by atoms with E-state index in [0.717, 1.165) is 0 Å². The molecule has 1 aromatic carbocycles. The van der Waals surface area contributed by atoms with E-state index < -0.39 is 18.3 Å². The Balaban J connectivity index is 1.92. The van der Waals surface area contributed by atoms with Gasteiger partial charge in [0.1, 0.15) is 11.3 Å². The molecule has 21 heavy (non-hydrogen) atoms. The highest BCUT2D eigenvalue weighted by Crippen LogP contribution is 2.22. The zero-order chi connectivity index (χ0) is 15.5. The molecule has 1 heterocycles. The first-order chi connectivity index (χ1) is 9.78. The summed E-state index contributed by atoms with van der Waals surface area (Å²) in [6, 6.07) is 5.58. The normalized spacial score (nSPS) is 22.1. The number of halogens is 3.